The Hall–Kier alpha value is -2.91. The molecule has 2 unspecified atom stereocenters. The van der Waals surface area contributed by atoms with Crippen molar-refractivity contribution in [2.75, 3.05) is 0 Å². The van der Waals surface area contributed by atoms with E-state index < -0.39 is 0 Å². The summed E-state index contributed by atoms with van der Waals surface area (Å²) < 4.78 is 4.35. The lowest BCUT2D eigenvalue weighted by molar-refractivity contribution is -0.709. The molecule has 0 bridgehead atoms. The summed E-state index contributed by atoms with van der Waals surface area (Å²) in [6.07, 6.45) is 8.02. The highest BCUT2D eigenvalue weighted by molar-refractivity contribution is 6.31. The van der Waals surface area contributed by atoms with Gasteiger partial charge in [0.25, 0.3) is 0 Å². The van der Waals surface area contributed by atoms with Crippen molar-refractivity contribution in [1.29, 1.82) is 0 Å². The number of benzene rings is 2. The van der Waals surface area contributed by atoms with Crippen LogP contribution in [0.2, 0.25) is 5.02 Å². The van der Waals surface area contributed by atoms with E-state index >= 15 is 0 Å². The number of hydrogen-bond donors (Lipinski definition) is 0. The summed E-state index contributed by atoms with van der Waals surface area (Å²) in [5.74, 6) is 0.153. The van der Waals surface area contributed by atoms with Crippen LogP contribution in [-0.2, 0) is 6.42 Å². The predicted octanol–water partition coefficient (Wildman–Crippen LogP) is 5.56. The zero-order valence-corrected chi connectivity index (χ0v) is 17.0. The number of Topliss-reactive ketones (excluding diaryl/α,β-unsaturated/α-hetero) is 1. The van der Waals surface area contributed by atoms with Gasteiger partial charge >= 0.3 is 0 Å². The lowest BCUT2D eigenvalue weighted by Crippen LogP contribution is -2.37. The molecule has 0 saturated carbocycles. The molecule has 0 radical (unpaired) electrons. The van der Waals surface area contributed by atoms with Gasteiger partial charge in [0.15, 0.2) is 24.2 Å². The normalized spacial score (nSPS) is 17.3. The molecule has 0 N–H and O–H groups in total. The largest absolute Gasteiger partial charge is 0.336 e. The Morgan fingerprint density at radius 3 is 2.76 bits per heavy atom. The van der Waals surface area contributed by atoms with Gasteiger partial charge in [-0.15, -0.1) is 0 Å². The van der Waals surface area contributed by atoms with Crippen LogP contribution in [0.3, 0.4) is 0 Å². The number of carbonyl (C=O) groups is 1. The Labute approximate surface area is 175 Å². The van der Waals surface area contributed by atoms with E-state index in [2.05, 4.69) is 64.8 Å². The van der Waals surface area contributed by atoms with Gasteiger partial charge in [-0.1, -0.05) is 48.0 Å². The average molecular weight is 402 g/mol. The van der Waals surface area contributed by atoms with Crippen LogP contribution in [0.5, 0.6) is 0 Å². The maximum atomic E-state index is 13.2. The molecule has 2 atom stereocenters. The summed E-state index contributed by atoms with van der Waals surface area (Å²) in [5.41, 5.74) is 4.22. The van der Waals surface area contributed by atoms with E-state index in [1.54, 1.807) is 0 Å². The lowest BCUT2D eigenvalue weighted by atomic mass is 9.87. The minimum absolute atomic E-state index is 0.153. The summed E-state index contributed by atoms with van der Waals surface area (Å²) >= 11 is 6.15. The zero-order valence-electron chi connectivity index (χ0n) is 16.3. The number of hydrogen-bond acceptors (Lipinski definition) is 1. The summed E-state index contributed by atoms with van der Waals surface area (Å²) in [5, 5.41) is 1.76. The Morgan fingerprint density at radius 1 is 1.10 bits per heavy atom. The van der Waals surface area contributed by atoms with E-state index in [-0.39, 0.29) is 17.9 Å². The van der Waals surface area contributed by atoms with Gasteiger partial charge in [0.1, 0.15) is 0 Å². The van der Waals surface area contributed by atoms with Crippen molar-refractivity contribution in [2.24, 2.45) is 0 Å². The maximum absolute atomic E-state index is 13.2. The van der Waals surface area contributed by atoms with Crippen molar-refractivity contribution >= 4 is 28.3 Å². The monoisotopic (exact) mass is 401 g/mol. The van der Waals surface area contributed by atoms with E-state index in [0.717, 1.165) is 34.9 Å². The SMILES string of the molecule is CC(c1ccccc1)[n+]1ccc2c(ccn2C2CCc3ccc(Cl)cc3C2=O)c1. The molecule has 5 rings (SSSR count). The van der Waals surface area contributed by atoms with E-state index in [9.17, 15) is 4.79 Å². The van der Waals surface area contributed by atoms with E-state index in [1.165, 1.54) is 5.56 Å². The number of aromatic nitrogens is 2. The van der Waals surface area contributed by atoms with Gasteiger partial charge in [0, 0.05) is 35.3 Å². The van der Waals surface area contributed by atoms with Crippen molar-refractivity contribution in [2.45, 2.75) is 31.8 Å². The first kappa shape index (κ1) is 18.1. The standard InChI is InChI=1S/C25H22ClN2O/c1-17(18-5-3-2-4-6-18)27-13-12-23-20(16-27)11-14-28(23)24-10-8-19-7-9-21(26)15-22(19)25(24)29/h2-7,9,11-17,24H,8,10H2,1H3/q+1. The van der Waals surface area contributed by atoms with Crippen molar-refractivity contribution < 1.29 is 9.36 Å². The van der Waals surface area contributed by atoms with E-state index in [0.29, 0.717) is 5.02 Å². The fourth-order valence-corrected chi connectivity index (χ4v) is 4.58. The molecule has 3 nitrogen and oxygen atoms in total. The van der Waals surface area contributed by atoms with Crippen LogP contribution in [0.4, 0.5) is 0 Å². The van der Waals surface area contributed by atoms with Crippen molar-refractivity contribution in [1.82, 2.24) is 4.57 Å². The summed E-state index contributed by atoms with van der Waals surface area (Å²) in [7, 11) is 0. The molecule has 2 aromatic heterocycles. The molecule has 2 heterocycles. The molecule has 2 aromatic carbocycles. The Bertz CT molecular complexity index is 1210. The van der Waals surface area contributed by atoms with Gasteiger partial charge in [-0.25, -0.2) is 0 Å². The van der Waals surface area contributed by atoms with Gasteiger partial charge in [0.2, 0.25) is 0 Å². The van der Waals surface area contributed by atoms with Gasteiger partial charge < -0.3 is 4.57 Å². The van der Waals surface area contributed by atoms with Crippen LogP contribution in [0.25, 0.3) is 10.9 Å². The average Bonchev–Trinajstić information content (AvgIpc) is 3.17. The first-order valence-corrected chi connectivity index (χ1v) is 10.4. The molecule has 4 aromatic rings. The number of fused-ring (bicyclic) bond motifs is 2. The molecule has 4 heteroatoms. The quantitative estimate of drug-likeness (QED) is 0.412. The van der Waals surface area contributed by atoms with Crippen molar-refractivity contribution in [3.05, 3.63) is 101 Å². The fourth-order valence-electron chi connectivity index (χ4n) is 4.41. The number of rotatable bonds is 3. The third kappa shape index (κ3) is 3.16. The summed E-state index contributed by atoms with van der Waals surface area (Å²) in [6, 6.07) is 20.4. The Balaban J connectivity index is 1.50. The molecular formula is C25H22ClN2O+. The number of carbonyl (C=O) groups excluding carboxylic acids is 1. The topological polar surface area (TPSA) is 25.9 Å². The third-order valence-corrected chi connectivity index (χ3v) is 6.31. The highest BCUT2D eigenvalue weighted by Crippen LogP contribution is 2.33. The first-order chi connectivity index (χ1) is 14.1. The van der Waals surface area contributed by atoms with Gasteiger partial charge in [-0.2, -0.15) is 4.57 Å². The molecular weight excluding hydrogens is 380 g/mol. The van der Waals surface area contributed by atoms with Crippen molar-refractivity contribution in [3.63, 3.8) is 0 Å². The van der Waals surface area contributed by atoms with E-state index in [4.69, 9.17) is 11.6 Å². The highest BCUT2D eigenvalue weighted by atomic mass is 35.5. The second kappa shape index (κ2) is 7.16. The number of aryl methyl sites for hydroxylation is 1. The molecule has 29 heavy (non-hydrogen) atoms. The van der Waals surface area contributed by atoms with Gasteiger partial charge in [-0.3, -0.25) is 4.79 Å². The minimum Gasteiger partial charge on any atom is -0.336 e. The predicted molar refractivity (Wildman–Crippen MR) is 116 cm³/mol. The summed E-state index contributed by atoms with van der Waals surface area (Å²) in [4.78, 5) is 13.2. The van der Waals surface area contributed by atoms with Crippen LogP contribution in [0, 0.1) is 0 Å². The van der Waals surface area contributed by atoms with Gasteiger partial charge in [0.05, 0.1) is 16.9 Å². The number of pyridine rings is 1. The summed E-state index contributed by atoms with van der Waals surface area (Å²) in [6.45, 7) is 2.20. The number of halogens is 1. The van der Waals surface area contributed by atoms with Crippen LogP contribution in [0.15, 0.2) is 79.3 Å². The van der Waals surface area contributed by atoms with E-state index in [1.807, 2.05) is 30.5 Å². The molecule has 0 saturated heterocycles. The number of nitrogens with zero attached hydrogens (tertiary/aromatic N) is 2. The van der Waals surface area contributed by atoms with Crippen molar-refractivity contribution in [3.8, 4) is 0 Å². The van der Waals surface area contributed by atoms with Crippen LogP contribution >= 0.6 is 11.6 Å². The lowest BCUT2D eigenvalue weighted by Gasteiger charge is -2.25. The zero-order chi connectivity index (χ0) is 20.0. The molecule has 0 spiro atoms. The molecule has 0 aliphatic heterocycles. The Kier molecular flexibility index (Phi) is 4.48. The number of ketones is 1. The second-order valence-corrected chi connectivity index (χ2v) is 8.20. The fraction of sp³-hybridized carbons (Fsp3) is 0.200. The maximum Gasteiger partial charge on any atom is 0.185 e. The molecule has 144 valence electrons. The minimum atomic E-state index is -0.180. The molecule has 1 aliphatic carbocycles. The van der Waals surface area contributed by atoms with Crippen LogP contribution in [0.1, 0.15) is 46.9 Å². The first-order valence-electron chi connectivity index (χ1n) is 10.0. The molecule has 0 fully saturated rings. The van der Waals surface area contributed by atoms with Crippen LogP contribution in [-0.4, -0.2) is 10.4 Å². The third-order valence-electron chi connectivity index (χ3n) is 6.07. The van der Waals surface area contributed by atoms with Crippen LogP contribution < -0.4 is 4.57 Å². The second-order valence-electron chi connectivity index (χ2n) is 7.76. The molecule has 1 aliphatic rings. The highest BCUT2D eigenvalue weighted by Gasteiger charge is 2.30. The molecule has 0 amide bonds. The van der Waals surface area contributed by atoms with Gasteiger partial charge in [-0.05, 0) is 36.6 Å². The smallest absolute Gasteiger partial charge is 0.185 e. The Morgan fingerprint density at radius 2 is 1.93 bits per heavy atom.